The third-order valence-electron chi connectivity index (χ3n) is 2.39. The van der Waals surface area contributed by atoms with E-state index in [4.69, 9.17) is 11.6 Å². The second kappa shape index (κ2) is 3.84. The quantitative estimate of drug-likeness (QED) is 0.644. The van der Waals surface area contributed by atoms with E-state index in [-0.39, 0.29) is 15.9 Å². The summed E-state index contributed by atoms with van der Waals surface area (Å²) in [6.07, 6.45) is -3.35. The Morgan fingerprint density at radius 3 is 2.47 bits per heavy atom. The van der Waals surface area contributed by atoms with Crippen molar-refractivity contribution >= 4 is 22.5 Å². The molecule has 6 heteroatoms. The molecule has 0 aliphatic carbocycles. The highest BCUT2D eigenvalue weighted by Crippen LogP contribution is 2.39. The van der Waals surface area contributed by atoms with Gasteiger partial charge in [0.25, 0.3) is 0 Å². The van der Waals surface area contributed by atoms with E-state index in [0.717, 1.165) is 6.07 Å². The van der Waals surface area contributed by atoms with Crippen LogP contribution in [-0.2, 0) is 6.18 Å². The molecule has 90 valence electrons. The van der Waals surface area contributed by atoms with E-state index in [1.807, 2.05) is 0 Å². The number of pyridine rings is 1. The lowest BCUT2D eigenvalue weighted by molar-refractivity contribution is -0.136. The Hall–Kier alpha value is -1.36. The lowest BCUT2D eigenvalue weighted by Gasteiger charge is -2.12. The van der Waals surface area contributed by atoms with Crippen molar-refractivity contribution in [3.05, 3.63) is 40.3 Å². The number of nitrogens with zero attached hydrogens (tertiary/aromatic N) is 1. The first-order chi connectivity index (χ1) is 7.82. The maximum atomic E-state index is 13.4. The van der Waals surface area contributed by atoms with Gasteiger partial charge in [-0.15, -0.1) is 0 Å². The van der Waals surface area contributed by atoms with Crippen molar-refractivity contribution in [3.63, 3.8) is 0 Å². The van der Waals surface area contributed by atoms with Gasteiger partial charge in [-0.2, -0.15) is 13.2 Å². The highest BCUT2D eigenvalue weighted by Gasteiger charge is 2.34. The summed E-state index contributed by atoms with van der Waals surface area (Å²) in [5, 5.41) is -0.513. The monoisotopic (exact) mass is 263 g/mol. The fourth-order valence-electron chi connectivity index (χ4n) is 1.57. The highest BCUT2D eigenvalue weighted by molar-refractivity contribution is 6.36. The number of benzene rings is 1. The second-order valence-electron chi connectivity index (χ2n) is 3.57. The minimum Gasteiger partial charge on any atom is -0.253 e. The van der Waals surface area contributed by atoms with Gasteiger partial charge in [0.05, 0.1) is 10.6 Å². The van der Waals surface area contributed by atoms with Gasteiger partial charge in [-0.05, 0) is 24.6 Å². The van der Waals surface area contributed by atoms with Crippen LogP contribution in [0.4, 0.5) is 17.6 Å². The van der Waals surface area contributed by atoms with Gasteiger partial charge in [0.2, 0.25) is 0 Å². The Morgan fingerprint density at radius 1 is 1.24 bits per heavy atom. The maximum absolute atomic E-state index is 13.4. The van der Waals surface area contributed by atoms with Crippen LogP contribution in [0.15, 0.2) is 18.3 Å². The Bertz CT molecular complexity index is 592. The van der Waals surface area contributed by atoms with Crippen molar-refractivity contribution in [2.45, 2.75) is 13.1 Å². The van der Waals surface area contributed by atoms with E-state index in [9.17, 15) is 17.6 Å². The molecule has 0 atom stereocenters. The number of halogens is 5. The largest absolute Gasteiger partial charge is 0.417 e. The summed E-state index contributed by atoms with van der Waals surface area (Å²) in [5.74, 6) is -0.824. The van der Waals surface area contributed by atoms with Gasteiger partial charge in [0.15, 0.2) is 0 Å². The maximum Gasteiger partial charge on any atom is 0.417 e. The SMILES string of the molecule is Cc1cnc2c(F)ccc(C(F)(F)F)c2c1Cl. The first-order valence-electron chi connectivity index (χ1n) is 4.63. The number of rotatable bonds is 0. The van der Waals surface area contributed by atoms with Crippen LogP contribution < -0.4 is 0 Å². The predicted octanol–water partition coefficient (Wildman–Crippen LogP) is 4.35. The Morgan fingerprint density at radius 2 is 1.88 bits per heavy atom. The van der Waals surface area contributed by atoms with Crippen LogP contribution in [0, 0.1) is 12.7 Å². The molecule has 1 aromatic carbocycles. The van der Waals surface area contributed by atoms with Crippen molar-refractivity contribution in [2.24, 2.45) is 0 Å². The molecule has 2 aromatic rings. The van der Waals surface area contributed by atoms with Crippen LogP contribution in [-0.4, -0.2) is 4.98 Å². The molecule has 17 heavy (non-hydrogen) atoms. The third-order valence-corrected chi connectivity index (χ3v) is 2.87. The van der Waals surface area contributed by atoms with E-state index < -0.39 is 17.6 Å². The second-order valence-corrected chi connectivity index (χ2v) is 3.95. The Kier molecular flexibility index (Phi) is 2.73. The molecule has 2 rings (SSSR count). The summed E-state index contributed by atoms with van der Waals surface area (Å²) in [6, 6.07) is 1.41. The zero-order valence-corrected chi connectivity index (χ0v) is 9.33. The van der Waals surface area contributed by atoms with Gasteiger partial charge in [-0.25, -0.2) is 4.39 Å². The normalized spacial score (nSPS) is 12.1. The molecular formula is C11H6ClF4N. The van der Waals surface area contributed by atoms with Crippen molar-refractivity contribution in [1.29, 1.82) is 0 Å². The summed E-state index contributed by atoms with van der Waals surface area (Å²) in [7, 11) is 0. The zero-order chi connectivity index (χ0) is 12.8. The smallest absolute Gasteiger partial charge is 0.253 e. The molecule has 1 heterocycles. The number of hydrogen-bond donors (Lipinski definition) is 0. The molecule has 1 aromatic heterocycles. The Balaban J connectivity index is 2.97. The van der Waals surface area contributed by atoms with E-state index in [2.05, 4.69) is 4.98 Å². The summed E-state index contributed by atoms with van der Waals surface area (Å²) in [6.45, 7) is 1.51. The molecule has 0 aliphatic heterocycles. The van der Waals surface area contributed by atoms with Gasteiger partial charge in [0.1, 0.15) is 11.3 Å². The highest BCUT2D eigenvalue weighted by atomic mass is 35.5. The first-order valence-corrected chi connectivity index (χ1v) is 5.00. The third kappa shape index (κ3) is 1.95. The first kappa shape index (κ1) is 12.1. The molecule has 0 spiro atoms. The molecule has 0 aliphatic rings. The van der Waals surface area contributed by atoms with Crippen molar-refractivity contribution in [1.82, 2.24) is 4.98 Å². The number of fused-ring (bicyclic) bond motifs is 1. The average Bonchev–Trinajstić information content (AvgIpc) is 2.22. The molecule has 0 amide bonds. The van der Waals surface area contributed by atoms with E-state index in [1.54, 1.807) is 0 Å². The van der Waals surface area contributed by atoms with Gasteiger partial charge in [-0.1, -0.05) is 11.6 Å². The fourth-order valence-corrected chi connectivity index (χ4v) is 1.81. The summed E-state index contributed by atoms with van der Waals surface area (Å²) >= 11 is 5.80. The summed E-state index contributed by atoms with van der Waals surface area (Å²) in [5.41, 5.74) is -0.971. The van der Waals surface area contributed by atoms with Crippen LogP contribution in [0.3, 0.4) is 0 Å². The van der Waals surface area contributed by atoms with Gasteiger partial charge >= 0.3 is 6.18 Å². The van der Waals surface area contributed by atoms with Crippen LogP contribution in [0.1, 0.15) is 11.1 Å². The molecule has 0 unspecified atom stereocenters. The molecule has 0 saturated heterocycles. The molecule has 0 bridgehead atoms. The minimum absolute atomic E-state index is 0.123. The zero-order valence-electron chi connectivity index (χ0n) is 8.57. The lowest BCUT2D eigenvalue weighted by Crippen LogP contribution is -2.07. The lowest BCUT2D eigenvalue weighted by atomic mass is 10.1. The van der Waals surface area contributed by atoms with E-state index in [1.165, 1.54) is 13.1 Å². The minimum atomic E-state index is -4.59. The Labute approximate surface area is 99.0 Å². The molecule has 0 N–H and O–H groups in total. The number of aryl methyl sites for hydroxylation is 1. The molecule has 0 saturated carbocycles. The number of alkyl halides is 3. The topological polar surface area (TPSA) is 12.9 Å². The van der Waals surface area contributed by atoms with Crippen molar-refractivity contribution < 1.29 is 17.6 Å². The van der Waals surface area contributed by atoms with Crippen LogP contribution in [0.25, 0.3) is 10.9 Å². The standard InChI is InChI=1S/C11H6ClF4N/c1-5-4-17-10-7(13)3-2-6(11(14,15)16)8(10)9(5)12/h2-4H,1H3. The van der Waals surface area contributed by atoms with Crippen molar-refractivity contribution in [3.8, 4) is 0 Å². The van der Waals surface area contributed by atoms with Gasteiger partial charge < -0.3 is 0 Å². The molecular weight excluding hydrogens is 258 g/mol. The van der Waals surface area contributed by atoms with Crippen LogP contribution >= 0.6 is 11.6 Å². The van der Waals surface area contributed by atoms with Crippen LogP contribution in [0.2, 0.25) is 5.02 Å². The van der Waals surface area contributed by atoms with Gasteiger partial charge in [-0.3, -0.25) is 4.98 Å². The van der Waals surface area contributed by atoms with Crippen LogP contribution in [0.5, 0.6) is 0 Å². The van der Waals surface area contributed by atoms with E-state index in [0.29, 0.717) is 11.6 Å². The van der Waals surface area contributed by atoms with Crippen molar-refractivity contribution in [2.75, 3.05) is 0 Å². The number of aromatic nitrogens is 1. The fraction of sp³-hybridized carbons (Fsp3) is 0.182. The average molecular weight is 264 g/mol. The summed E-state index contributed by atoms with van der Waals surface area (Å²) < 4.78 is 51.6. The molecule has 0 radical (unpaired) electrons. The number of hydrogen-bond acceptors (Lipinski definition) is 1. The molecule has 0 fully saturated rings. The molecule has 1 nitrogen and oxygen atoms in total. The predicted molar refractivity (Wildman–Crippen MR) is 56.5 cm³/mol. The van der Waals surface area contributed by atoms with Gasteiger partial charge in [0, 0.05) is 11.6 Å². The summed E-state index contributed by atoms with van der Waals surface area (Å²) in [4.78, 5) is 3.66. The van der Waals surface area contributed by atoms with E-state index >= 15 is 0 Å².